The quantitative estimate of drug-likeness (QED) is 0.258. The van der Waals surface area contributed by atoms with E-state index >= 15 is 0 Å². The summed E-state index contributed by atoms with van der Waals surface area (Å²) in [7, 11) is 1.03. The minimum absolute atomic E-state index is 0.0549. The first-order valence-corrected chi connectivity index (χ1v) is 14.3. The largest absolute Gasteiger partial charge is 0.493 e. The van der Waals surface area contributed by atoms with Crippen LogP contribution in [0.2, 0.25) is 0 Å². The van der Waals surface area contributed by atoms with Crippen LogP contribution >= 0.6 is 0 Å². The van der Waals surface area contributed by atoms with Gasteiger partial charge in [-0.15, -0.1) is 0 Å². The maximum absolute atomic E-state index is 12.8. The Hall–Kier alpha value is -2.99. The maximum atomic E-state index is 12.8. The highest BCUT2D eigenvalue weighted by Crippen LogP contribution is 2.48. The normalized spacial score (nSPS) is 17.5. The van der Waals surface area contributed by atoms with Gasteiger partial charge in [0.1, 0.15) is 11.5 Å². The van der Waals surface area contributed by atoms with E-state index in [0.29, 0.717) is 54.4 Å². The second-order valence-corrected chi connectivity index (χ2v) is 10.7. The minimum atomic E-state index is -3.64. The molecule has 0 unspecified atom stereocenters. The predicted octanol–water partition coefficient (Wildman–Crippen LogP) is 4.41. The van der Waals surface area contributed by atoms with Gasteiger partial charge in [0.15, 0.2) is 32.8 Å². The highest BCUT2D eigenvalue weighted by molar-refractivity contribution is 7.90. The Labute approximate surface area is 224 Å². The lowest BCUT2D eigenvalue weighted by Crippen LogP contribution is -2.10. The maximum Gasteiger partial charge on any atom is 0.203 e. The zero-order valence-corrected chi connectivity index (χ0v) is 23.3. The molecule has 1 aliphatic rings. The molecular weight excluding hydrogens is 514 g/mol. The molecule has 2 N–H and O–H groups in total. The molecule has 0 bridgehead atoms. The highest BCUT2D eigenvalue weighted by Gasteiger charge is 2.32. The number of benzene rings is 2. The van der Waals surface area contributed by atoms with Gasteiger partial charge in [-0.2, -0.15) is 0 Å². The Kier molecular flexibility index (Phi) is 10.7. The molecule has 0 saturated carbocycles. The van der Waals surface area contributed by atoms with Crippen LogP contribution in [0.4, 0.5) is 0 Å². The molecule has 10 nitrogen and oxygen atoms in total. The van der Waals surface area contributed by atoms with E-state index in [0.717, 1.165) is 11.8 Å². The van der Waals surface area contributed by atoms with Gasteiger partial charge in [0.2, 0.25) is 5.75 Å². The molecule has 210 valence electrons. The molecule has 11 heteroatoms. The SMILES string of the molecule is CCCOc1c(OCC=CCNO)cc([C@@H]2CC[C@@H](c3cc(OC)c(OC)c(OC)c3)O2)cc1S(C)(=O)=O. The summed E-state index contributed by atoms with van der Waals surface area (Å²) in [5.41, 5.74) is 3.58. The summed E-state index contributed by atoms with van der Waals surface area (Å²) in [6.07, 6.45) is 6.01. The van der Waals surface area contributed by atoms with Crippen LogP contribution < -0.4 is 29.2 Å². The van der Waals surface area contributed by atoms with E-state index in [9.17, 15) is 8.42 Å². The molecule has 0 aromatic heterocycles. The number of hydrogen-bond donors (Lipinski definition) is 2. The van der Waals surface area contributed by atoms with Crippen LogP contribution in [0, 0.1) is 0 Å². The number of ether oxygens (including phenoxy) is 6. The standard InChI is InChI=1S/C27H37NO9S/c1-6-12-36-27-24(35-13-8-7-11-28-29)16-19(17-25(27)38(5,30)31)21-10-9-20(37-21)18-14-22(32-2)26(34-4)23(15-18)33-3/h7-8,14-17,20-21,28-29H,6,9-13H2,1-5H3/t20-,21-/m0/s1. The average molecular weight is 552 g/mol. The Morgan fingerprint density at radius 3 is 2.05 bits per heavy atom. The lowest BCUT2D eigenvalue weighted by Gasteiger charge is -2.20. The van der Waals surface area contributed by atoms with Crippen molar-refractivity contribution in [1.29, 1.82) is 0 Å². The summed E-state index contributed by atoms with van der Waals surface area (Å²) in [6, 6.07) is 7.11. The molecule has 0 spiro atoms. The van der Waals surface area contributed by atoms with Gasteiger partial charge >= 0.3 is 0 Å². The van der Waals surface area contributed by atoms with E-state index in [4.69, 9.17) is 33.6 Å². The monoisotopic (exact) mass is 551 g/mol. The smallest absolute Gasteiger partial charge is 0.203 e. The zero-order chi connectivity index (χ0) is 27.7. The van der Waals surface area contributed by atoms with Crippen LogP contribution in [0.1, 0.15) is 49.5 Å². The Morgan fingerprint density at radius 1 is 0.921 bits per heavy atom. The summed E-state index contributed by atoms with van der Waals surface area (Å²) in [4.78, 5) is 0.0549. The molecule has 1 aliphatic heterocycles. The summed E-state index contributed by atoms with van der Waals surface area (Å²) in [5, 5.41) is 8.73. The van der Waals surface area contributed by atoms with Crippen molar-refractivity contribution in [3.63, 3.8) is 0 Å². The number of hydroxylamine groups is 1. The van der Waals surface area contributed by atoms with Crippen molar-refractivity contribution in [3.8, 4) is 28.7 Å². The van der Waals surface area contributed by atoms with Crippen molar-refractivity contribution in [2.24, 2.45) is 0 Å². The number of hydrogen-bond acceptors (Lipinski definition) is 10. The number of sulfone groups is 1. The third kappa shape index (κ3) is 7.10. The molecule has 38 heavy (non-hydrogen) atoms. The Balaban J connectivity index is 1.96. The fourth-order valence-electron chi connectivity index (χ4n) is 4.27. The molecule has 2 aromatic rings. The molecule has 1 fully saturated rings. The van der Waals surface area contributed by atoms with Crippen LogP contribution in [0.5, 0.6) is 28.7 Å². The second-order valence-electron chi connectivity index (χ2n) is 8.76. The first-order chi connectivity index (χ1) is 18.3. The van der Waals surface area contributed by atoms with Gasteiger partial charge in [0.25, 0.3) is 0 Å². The summed E-state index contributed by atoms with van der Waals surface area (Å²) in [6.45, 7) is 2.70. The van der Waals surface area contributed by atoms with Gasteiger partial charge in [-0.3, -0.25) is 0 Å². The summed E-state index contributed by atoms with van der Waals surface area (Å²) in [5.74, 6) is 2.07. The van der Waals surface area contributed by atoms with Gasteiger partial charge in [-0.05, 0) is 54.7 Å². The third-order valence-corrected chi connectivity index (χ3v) is 7.16. The van der Waals surface area contributed by atoms with Crippen LogP contribution in [0.25, 0.3) is 0 Å². The molecule has 0 radical (unpaired) electrons. The number of rotatable bonds is 14. The molecule has 1 heterocycles. The van der Waals surface area contributed by atoms with Crippen molar-refractivity contribution < 1.29 is 42.0 Å². The molecule has 0 amide bonds. The summed E-state index contributed by atoms with van der Waals surface area (Å²) >= 11 is 0. The van der Waals surface area contributed by atoms with Gasteiger partial charge in [0.05, 0.1) is 40.1 Å². The molecular formula is C27H37NO9S. The van der Waals surface area contributed by atoms with Crippen molar-refractivity contribution in [1.82, 2.24) is 5.48 Å². The fraction of sp³-hybridized carbons (Fsp3) is 0.481. The second kappa shape index (κ2) is 13.7. The van der Waals surface area contributed by atoms with Gasteiger partial charge in [-0.25, -0.2) is 13.9 Å². The molecule has 0 aliphatic carbocycles. The van der Waals surface area contributed by atoms with Crippen molar-refractivity contribution in [3.05, 3.63) is 47.5 Å². The van der Waals surface area contributed by atoms with E-state index in [2.05, 4.69) is 0 Å². The number of methoxy groups -OCH3 is 3. The Morgan fingerprint density at radius 2 is 1.53 bits per heavy atom. The summed E-state index contributed by atoms with van der Waals surface area (Å²) < 4.78 is 60.1. The van der Waals surface area contributed by atoms with Crippen molar-refractivity contribution in [2.75, 3.05) is 47.3 Å². The first-order valence-electron chi connectivity index (χ1n) is 12.4. The van der Waals surface area contributed by atoms with Crippen LogP contribution in [-0.4, -0.2) is 61.0 Å². The molecule has 2 aromatic carbocycles. The lowest BCUT2D eigenvalue weighted by molar-refractivity contribution is 0.0435. The first kappa shape index (κ1) is 29.6. The minimum Gasteiger partial charge on any atom is -0.493 e. The van der Waals surface area contributed by atoms with Crippen molar-refractivity contribution >= 4 is 9.84 Å². The van der Waals surface area contributed by atoms with Crippen LogP contribution in [0.3, 0.4) is 0 Å². The topological polar surface area (TPSA) is 122 Å². The van der Waals surface area contributed by atoms with Gasteiger partial charge in [0, 0.05) is 12.8 Å². The van der Waals surface area contributed by atoms with Gasteiger partial charge < -0.3 is 33.6 Å². The Bertz CT molecular complexity index is 1190. The van der Waals surface area contributed by atoms with E-state index in [1.807, 2.05) is 24.5 Å². The molecule has 2 atom stereocenters. The highest BCUT2D eigenvalue weighted by atomic mass is 32.2. The van der Waals surface area contributed by atoms with Gasteiger partial charge in [-0.1, -0.05) is 19.1 Å². The average Bonchev–Trinajstić information content (AvgIpc) is 3.40. The van der Waals surface area contributed by atoms with Crippen molar-refractivity contribution in [2.45, 2.75) is 43.3 Å². The van der Waals surface area contributed by atoms with E-state index < -0.39 is 9.84 Å². The molecule has 3 rings (SSSR count). The van der Waals surface area contributed by atoms with Crippen LogP contribution in [-0.2, 0) is 14.6 Å². The van der Waals surface area contributed by atoms with Crippen LogP contribution in [0.15, 0.2) is 41.3 Å². The lowest BCUT2D eigenvalue weighted by atomic mass is 10.0. The molecule has 1 saturated heterocycles. The van der Waals surface area contributed by atoms with E-state index in [-0.39, 0.29) is 36.0 Å². The zero-order valence-electron chi connectivity index (χ0n) is 22.5. The van der Waals surface area contributed by atoms with E-state index in [1.165, 1.54) is 0 Å². The van der Waals surface area contributed by atoms with E-state index in [1.54, 1.807) is 45.6 Å². The predicted molar refractivity (Wildman–Crippen MR) is 142 cm³/mol. The number of nitrogens with one attached hydrogen (secondary N) is 1. The third-order valence-electron chi connectivity index (χ3n) is 6.05. The fourth-order valence-corrected chi connectivity index (χ4v) is 5.12.